The Morgan fingerprint density at radius 3 is 2.29 bits per heavy atom. The van der Waals surface area contributed by atoms with Gasteiger partial charge in [0.05, 0.1) is 21.3 Å². The van der Waals surface area contributed by atoms with Gasteiger partial charge < -0.3 is 24.4 Å². The lowest BCUT2D eigenvalue weighted by atomic mass is 10.00. The van der Waals surface area contributed by atoms with Gasteiger partial charge in [-0.3, -0.25) is 9.59 Å². The number of methoxy groups -OCH3 is 3. The van der Waals surface area contributed by atoms with Crippen LogP contribution in [0.25, 0.3) is 0 Å². The molecular formula is C24H30N2O5. The quantitative estimate of drug-likeness (QED) is 0.654. The molecule has 0 aromatic heterocycles. The zero-order valence-electron chi connectivity index (χ0n) is 18.3. The molecule has 2 aromatic carbocycles. The molecule has 7 nitrogen and oxygen atoms in total. The lowest BCUT2D eigenvalue weighted by Gasteiger charge is -2.34. The minimum Gasteiger partial charge on any atom is -0.493 e. The highest BCUT2D eigenvalue weighted by molar-refractivity contribution is 5.95. The van der Waals surface area contributed by atoms with Crippen molar-refractivity contribution in [3.05, 3.63) is 59.7 Å². The van der Waals surface area contributed by atoms with Gasteiger partial charge in [0.25, 0.3) is 5.91 Å². The number of esters is 1. The second-order valence-corrected chi connectivity index (χ2v) is 7.57. The molecule has 0 saturated carbocycles. The number of amides is 1. The molecule has 1 aliphatic rings. The van der Waals surface area contributed by atoms with Crippen LogP contribution in [0.2, 0.25) is 0 Å². The molecule has 1 fully saturated rings. The molecule has 3 rings (SSSR count). The first kappa shape index (κ1) is 22.6. The third-order valence-corrected chi connectivity index (χ3v) is 5.62. The largest absolute Gasteiger partial charge is 0.493 e. The van der Waals surface area contributed by atoms with E-state index in [1.54, 1.807) is 32.4 Å². The van der Waals surface area contributed by atoms with E-state index in [9.17, 15) is 9.59 Å². The van der Waals surface area contributed by atoms with Crippen molar-refractivity contribution in [3.63, 3.8) is 0 Å². The Morgan fingerprint density at radius 1 is 1.00 bits per heavy atom. The van der Waals surface area contributed by atoms with E-state index < -0.39 is 6.04 Å². The van der Waals surface area contributed by atoms with E-state index in [-0.39, 0.29) is 17.9 Å². The lowest BCUT2D eigenvalue weighted by molar-refractivity contribution is -0.143. The molecule has 166 valence electrons. The summed E-state index contributed by atoms with van der Waals surface area (Å²) in [5.41, 5.74) is 1.65. The lowest BCUT2D eigenvalue weighted by Crippen LogP contribution is -2.50. The van der Waals surface area contributed by atoms with E-state index in [0.717, 1.165) is 18.4 Å². The summed E-state index contributed by atoms with van der Waals surface area (Å²) in [5.74, 6) is 0.821. The molecule has 0 radical (unpaired) electrons. The van der Waals surface area contributed by atoms with Crippen LogP contribution in [-0.4, -0.2) is 63.3 Å². The molecule has 1 N–H and O–H groups in total. The number of piperidine rings is 1. The van der Waals surface area contributed by atoms with E-state index in [2.05, 4.69) is 5.32 Å². The number of nitrogens with one attached hydrogen (secondary N) is 1. The number of carbonyl (C=O) groups excluding carboxylic acids is 2. The zero-order valence-corrected chi connectivity index (χ0v) is 18.3. The van der Waals surface area contributed by atoms with Crippen molar-refractivity contribution in [2.75, 3.05) is 34.4 Å². The number of rotatable bonds is 8. The van der Waals surface area contributed by atoms with E-state index in [4.69, 9.17) is 14.2 Å². The number of likely N-dealkylation sites (tertiary alicyclic amines) is 1. The van der Waals surface area contributed by atoms with Gasteiger partial charge in [0.2, 0.25) is 0 Å². The first-order valence-electron chi connectivity index (χ1n) is 10.4. The molecule has 0 spiro atoms. The number of hydrogen-bond donors (Lipinski definition) is 1. The van der Waals surface area contributed by atoms with Gasteiger partial charge in [-0.15, -0.1) is 0 Å². The van der Waals surface area contributed by atoms with Crippen LogP contribution in [0.15, 0.2) is 48.5 Å². The van der Waals surface area contributed by atoms with Crippen LogP contribution in [0.3, 0.4) is 0 Å². The average molecular weight is 427 g/mol. The fraction of sp³-hybridized carbons (Fsp3) is 0.417. The summed E-state index contributed by atoms with van der Waals surface area (Å²) in [5, 5.41) is 3.44. The van der Waals surface area contributed by atoms with Crippen LogP contribution in [-0.2, 0) is 16.0 Å². The molecule has 1 amide bonds. The Labute approximate surface area is 183 Å². The van der Waals surface area contributed by atoms with Gasteiger partial charge in [-0.25, -0.2) is 0 Å². The number of ether oxygens (including phenoxy) is 3. The summed E-state index contributed by atoms with van der Waals surface area (Å²) in [6.07, 6.45) is 2.10. The third-order valence-electron chi connectivity index (χ3n) is 5.62. The predicted octanol–water partition coefficient (Wildman–Crippen LogP) is 2.68. The maximum atomic E-state index is 12.9. The Bertz CT molecular complexity index is 879. The summed E-state index contributed by atoms with van der Waals surface area (Å²) in [6.45, 7) is 1.23. The molecule has 0 aliphatic carbocycles. The maximum Gasteiger partial charge on any atom is 0.323 e. The van der Waals surface area contributed by atoms with E-state index in [1.807, 2.05) is 35.2 Å². The van der Waals surface area contributed by atoms with Crippen molar-refractivity contribution in [2.24, 2.45) is 0 Å². The van der Waals surface area contributed by atoms with Crippen molar-refractivity contribution in [2.45, 2.75) is 31.3 Å². The highest BCUT2D eigenvalue weighted by Crippen LogP contribution is 2.28. The van der Waals surface area contributed by atoms with Gasteiger partial charge in [-0.2, -0.15) is 0 Å². The molecule has 1 aliphatic heterocycles. The highest BCUT2D eigenvalue weighted by Gasteiger charge is 2.28. The van der Waals surface area contributed by atoms with Crippen molar-refractivity contribution >= 4 is 11.9 Å². The molecule has 1 saturated heterocycles. The number of carbonyl (C=O) groups is 2. The molecule has 1 heterocycles. The monoisotopic (exact) mass is 426 g/mol. The second kappa shape index (κ2) is 10.8. The minimum atomic E-state index is -0.412. The predicted molar refractivity (Wildman–Crippen MR) is 118 cm³/mol. The summed E-state index contributed by atoms with van der Waals surface area (Å²) in [7, 11) is 4.53. The van der Waals surface area contributed by atoms with Crippen LogP contribution in [0.1, 0.15) is 28.8 Å². The summed E-state index contributed by atoms with van der Waals surface area (Å²) < 4.78 is 15.5. The van der Waals surface area contributed by atoms with E-state index >= 15 is 0 Å². The fourth-order valence-corrected chi connectivity index (χ4v) is 3.89. The summed E-state index contributed by atoms with van der Waals surface area (Å²) in [4.78, 5) is 27.1. The molecule has 1 unspecified atom stereocenters. The zero-order chi connectivity index (χ0) is 22.2. The number of nitrogens with zero attached hydrogens (tertiary/aromatic N) is 1. The van der Waals surface area contributed by atoms with Gasteiger partial charge in [-0.1, -0.05) is 30.3 Å². The SMILES string of the molecule is COC(=O)C(Cc1ccccc1)NC1CCN(C(=O)c2ccc(OC)c(OC)c2)CC1. The standard InChI is InChI=1S/C24H30N2O5/c1-29-21-10-9-18(16-22(21)30-2)23(27)26-13-11-19(12-14-26)25-20(24(28)31-3)15-17-7-5-4-6-8-17/h4-10,16,19-20,25H,11-15H2,1-3H3. The Balaban J connectivity index is 1.59. The second-order valence-electron chi connectivity index (χ2n) is 7.57. The van der Waals surface area contributed by atoms with Crippen molar-refractivity contribution in [1.82, 2.24) is 10.2 Å². The summed E-state index contributed by atoms with van der Waals surface area (Å²) in [6, 6.07) is 14.8. The van der Waals surface area contributed by atoms with Crippen molar-refractivity contribution in [1.29, 1.82) is 0 Å². The smallest absolute Gasteiger partial charge is 0.323 e. The topological polar surface area (TPSA) is 77.1 Å². The molecule has 7 heteroatoms. The van der Waals surface area contributed by atoms with Crippen LogP contribution >= 0.6 is 0 Å². The van der Waals surface area contributed by atoms with Gasteiger partial charge >= 0.3 is 5.97 Å². The van der Waals surface area contributed by atoms with Gasteiger partial charge in [0, 0.05) is 24.7 Å². The van der Waals surface area contributed by atoms with Crippen LogP contribution in [0.5, 0.6) is 11.5 Å². The van der Waals surface area contributed by atoms with Crippen LogP contribution in [0.4, 0.5) is 0 Å². The minimum absolute atomic E-state index is 0.0341. The first-order valence-corrected chi connectivity index (χ1v) is 10.4. The van der Waals surface area contributed by atoms with Crippen LogP contribution in [0, 0.1) is 0 Å². The van der Waals surface area contributed by atoms with Crippen molar-refractivity contribution < 1.29 is 23.8 Å². The molecular weight excluding hydrogens is 396 g/mol. The first-order chi connectivity index (χ1) is 15.0. The maximum absolute atomic E-state index is 12.9. The van der Waals surface area contributed by atoms with Gasteiger partial charge in [-0.05, 0) is 43.0 Å². The molecule has 0 bridgehead atoms. The van der Waals surface area contributed by atoms with Crippen molar-refractivity contribution in [3.8, 4) is 11.5 Å². The van der Waals surface area contributed by atoms with E-state index in [0.29, 0.717) is 36.6 Å². The molecule has 2 aromatic rings. The van der Waals surface area contributed by atoms with Crippen LogP contribution < -0.4 is 14.8 Å². The molecule has 1 atom stereocenters. The fourth-order valence-electron chi connectivity index (χ4n) is 3.89. The molecule has 31 heavy (non-hydrogen) atoms. The Morgan fingerprint density at radius 2 is 1.68 bits per heavy atom. The third kappa shape index (κ3) is 5.76. The van der Waals surface area contributed by atoms with Gasteiger partial charge in [0.15, 0.2) is 11.5 Å². The Hall–Kier alpha value is -3.06. The van der Waals surface area contributed by atoms with E-state index in [1.165, 1.54) is 7.11 Å². The number of hydrogen-bond acceptors (Lipinski definition) is 6. The normalized spacial score (nSPS) is 15.3. The Kier molecular flexibility index (Phi) is 7.89. The summed E-state index contributed by atoms with van der Waals surface area (Å²) >= 11 is 0. The number of benzene rings is 2. The highest BCUT2D eigenvalue weighted by atomic mass is 16.5. The average Bonchev–Trinajstić information content (AvgIpc) is 2.83. The van der Waals surface area contributed by atoms with Gasteiger partial charge in [0.1, 0.15) is 6.04 Å².